The minimum absolute atomic E-state index is 0.161. The van der Waals surface area contributed by atoms with Crippen molar-refractivity contribution >= 4 is 28.5 Å². The van der Waals surface area contributed by atoms with Gasteiger partial charge in [-0.15, -0.1) is 0 Å². The maximum Gasteiger partial charge on any atom is 0.225 e. The second-order valence-electron chi connectivity index (χ2n) is 4.23. The van der Waals surface area contributed by atoms with Crippen molar-refractivity contribution in [2.24, 2.45) is 0 Å². The van der Waals surface area contributed by atoms with Crippen LogP contribution in [0.4, 0.5) is 5.95 Å². The Bertz CT molecular complexity index is 344. The summed E-state index contributed by atoms with van der Waals surface area (Å²) in [5.41, 5.74) is 0. The zero-order valence-electron chi connectivity index (χ0n) is 9.30. The maximum absolute atomic E-state index is 9.96. The Morgan fingerprint density at radius 2 is 1.94 bits per heavy atom. The van der Waals surface area contributed by atoms with Gasteiger partial charge in [-0.1, -0.05) is 12.8 Å². The molecule has 1 heterocycles. The first-order chi connectivity index (χ1) is 7.68. The number of aliphatic hydroxyl groups excluding tert-OH is 1. The zero-order valence-corrected chi connectivity index (χ0v) is 11.5. The van der Waals surface area contributed by atoms with Crippen LogP contribution in [-0.4, -0.2) is 34.3 Å². The number of hydrogen-bond donors (Lipinski definition) is 1. The summed E-state index contributed by atoms with van der Waals surface area (Å²) in [4.78, 5) is 10.6. The second kappa shape index (κ2) is 5.27. The SMILES string of the molecule is CN(c1ncc(I)cn1)C1CCCCC1O. The van der Waals surface area contributed by atoms with Gasteiger partial charge in [0.05, 0.1) is 12.1 Å². The highest BCUT2D eigenvalue weighted by Gasteiger charge is 2.27. The summed E-state index contributed by atoms with van der Waals surface area (Å²) in [6.45, 7) is 0. The van der Waals surface area contributed by atoms with Gasteiger partial charge in [-0.25, -0.2) is 9.97 Å². The monoisotopic (exact) mass is 333 g/mol. The number of rotatable bonds is 2. The van der Waals surface area contributed by atoms with Crippen molar-refractivity contribution in [1.29, 1.82) is 0 Å². The van der Waals surface area contributed by atoms with Gasteiger partial charge in [-0.3, -0.25) is 0 Å². The smallest absolute Gasteiger partial charge is 0.225 e. The average Bonchev–Trinajstić information content (AvgIpc) is 2.30. The number of hydrogen-bond acceptors (Lipinski definition) is 4. The number of aromatic nitrogens is 2. The van der Waals surface area contributed by atoms with Crippen molar-refractivity contribution < 1.29 is 5.11 Å². The predicted molar refractivity (Wildman–Crippen MR) is 71.4 cm³/mol. The second-order valence-corrected chi connectivity index (χ2v) is 5.48. The Balaban J connectivity index is 2.11. The molecule has 2 rings (SSSR count). The molecule has 0 aliphatic heterocycles. The van der Waals surface area contributed by atoms with E-state index in [0.717, 1.165) is 22.8 Å². The van der Waals surface area contributed by atoms with Crippen LogP contribution in [0.3, 0.4) is 0 Å². The highest BCUT2D eigenvalue weighted by atomic mass is 127. The number of likely N-dealkylation sites (N-methyl/N-ethyl adjacent to an activating group) is 1. The molecule has 1 aromatic rings. The van der Waals surface area contributed by atoms with Crippen molar-refractivity contribution in [1.82, 2.24) is 9.97 Å². The molecule has 1 N–H and O–H groups in total. The Morgan fingerprint density at radius 1 is 1.31 bits per heavy atom. The Hall–Kier alpha value is -0.430. The minimum Gasteiger partial charge on any atom is -0.391 e. The zero-order chi connectivity index (χ0) is 11.5. The predicted octanol–water partition coefficient (Wildman–Crippen LogP) is 1.82. The van der Waals surface area contributed by atoms with Gasteiger partial charge in [-0.2, -0.15) is 0 Å². The number of nitrogens with zero attached hydrogens (tertiary/aromatic N) is 3. The molecule has 4 nitrogen and oxygen atoms in total. The minimum atomic E-state index is -0.248. The molecule has 88 valence electrons. The molecule has 0 saturated heterocycles. The van der Waals surface area contributed by atoms with Crippen molar-refractivity contribution in [3.63, 3.8) is 0 Å². The van der Waals surface area contributed by atoms with Crippen LogP contribution in [0.1, 0.15) is 25.7 Å². The molecule has 2 unspecified atom stereocenters. The van der Waals surface area contributed by atoms with Gasteiger partial charge in [0.1, 0.15) is 0 Å². The third kappa shape index (κ3) is 2.63. The van der Waals surface area contributed by atoms with Gasteiger partial charge in [0.15, 0.2) is 0 Å². The van der Waals surface area contributed by atoms with Crippen molar-refractivity contribution in [3.8, 4) is 0 Å². The van der Waals surface area contributed by atoms with Crippen LogP contribution in [0.25, 0.3) is 0 Å². The fraction of sp³-hybridized carbons (Fsp3) is 0.636. The first-order valence-corrected chi connectivity index (χ1v) is 6.65. The molecule has 5 heteroatoms. The fourth-order valence-corrected chi connectivity index (χ4v) is 2.46. The number of aliphatic hydroxyl groups is 1. The van der Waals surface area contributed by atoms with Crippen molar-refractivity contribution in [2.45, 2.75) is 37.8 Å². The molecule has 0 bridgehead atoms. The molecule has 0 radical (unpaired) electrons. The van der Waals surface area contributed by atoms with E-state index in [9.17, 15) is 5.11 Å². The quantitative estimate of drug-likeness (QED) is 0.839. The first-order valence-electron chi connectivity index (χ1n) is 5.57. The summed E-state index contributed by atoms with van der Waals surface area (Å²) in [7, 11) is 1.96. The fourth-order valence-electron chi connectivity index (χ4n) is 2.18. The van der Waals surface area contributed by atoms with E-state index in [-0.39, 0.29) is 12.1 Å². The molecule has 1 fully saturated rings. The molecular formula is C11H16IN3O. The molecule has 1 aromatic heterocycles. The lowest BCUT2D eigenvalue weighted by Crippen LogP contribution is -2.44. The van der Waals surface area contributed by atoms with E-state index in [1.165, 1.54) is 6.42 Å². The molecule has 1 saturated carbocycles. The van der Waals surface area contributed by atoms with Crippen LogP contribution >= 0.6 is 22.6 Å². The van der Waals surface area contributed by atoms with E-state index in [1.807, 2.05) is 11.9 Å². The van der Waals surface area contributed by atoms with Crippen LogP contribution in [-0.2, 0) is 0 Å². The Kier molecular flexibility index (Phi) is 3.96. The summed E-state index contributed by atoms with van der Waals surface area (Å²) >= 11 is 2.19. The highest BCUT2D eigenvalue weighted by Crippen LogP contribution is 2.24. The summed E-state index contributed by atoms with van der Waals surface area (Å²) in [6.07, 6.45) is 7.56. The van der Waals surface area contributed by atoms with Gasteiger partial charge < -0.3 is 10.0 Å². The van der Waals surface area contributed by atoms with Gasteiger partial charge >= 0.3 is 0 Å². The van der Waals surface area contributed by atoms with Crippen LogP contribution < -0.4 is 4.90 Å². The molecule has 0 aromatic carbocycles. The normalized spacial score (nSPS) is 25.4. The van der Waals surface area contributed by atoms with Crippen molar-refractivity contribution in [3.05, 3.63) is 16.0 Å². The molecule has 0 amide bonds. The third-order valence-electron chi connectivity index (χ3n) is 3.11. The van der Waals surface area contributed by atoms with Crippen LogP contribution in [0.15, 0.2) is 12.4 Å². The molecule has 0 spiro atoms. The highest BCUT2D eigenvalue weighted by molar-refractivity contribution is 14.1. The van der Waals surface area contributed by atoms with Crippen LogP contribution in [0.5, 0.6) is 0 Å². The lowest BCUT2D eigenvalue weighted by molar-refractivity contribution is 0.105. The average molecular weight is 333 g/mol. The maximum atomic E-state index is 9.96. The lowest BCUT2D eigenvalue weighted by atomic mass is 9.92. The van der Waals surface area contributed by atoms with Gasteiger partial charge in [0.2, 0.25) is 5.95 Å². The van der Waals surface area contributed by atoms with E-state index in [1.54, 1.807) is 12.4 Å². The first kappa shape index (κ1) is 12.0. The lowest BCUT2D eigenvalue weighted by Gasteiger charge is -2.35. The van der Waals surface area contributed by atoms with Gasteiger partial charge in [0.25, 0.3) is 0 Å². The standard InChI is InChI=1S/C11H16IN3O/c1-15(9-4-2-3-5-10(9)16)11-13-6-8(12)7-14-11/h6-7,9-10,16H,2-5H2,1H3. The van der Waals surface area contributed by atoms with Crippen LogP contribution in [0, 0.1) is 3.57 Å². The van der Waals surface area contributed by atoms with E-state index < -0.39 is 0 Å². The molecule has 16 heavy (non-hydrogen) atoms. The number of anilines is 1. The van der Waals surface area contributed by atoms with Gasteiger partial charge in [-0.05, 0) is 35.4 Å². The molecule has 1 aliphatic carbocycles. The van der Waals surface area contributed by atoms with Gasteiger partial charge in [0, 0.05) is 23.0 Å². The third-order valence-corrected chi connectivity index (χ3v) is 3.67. The molecule has 1 aliphatic rings. The van der Waals surface area contributed by atoms with Crippen LogP contribution in [0.2, 0.25) is 0 Å². The Labute approximate surface area is 109 Å². The largest absolute Gasteiger partial charge is 0.391 e. The topological polar surface area (TPSA) is 49.2 Å². The molecule has 2 atom stereocenters. The molecular weight excluding hydrogens is 317 g/mol. The van der Waals surface area contributed by atoms with E-state index in [0.29, 0.717) is 5.95 Å². The summed E-state index contributed by atoms with van der Waals surface area (Å²) in [5.74, 6) is 0.700. The van der Waals surface area contributed by atoms with E-state index in [2.05, 4.69) is 32.6 Å². The summed E-state index contributed by atoms with van der Waals surface area (Å²) in [6, 6.07) is 0.161. The van der Waals surface area contributed by atoms with Crippen molar-refractivity contribution in [2.75, 3.05) is 11.9 Å². The number of halogens is 1. The summed E-state index contributed by atoms with van der Waals surface area (Å²) < 4.78 is 1.03. The van der Waals surface area contributed by atoms with E-state index in [4.69, 9.17) is 0 Å². The summed E-state index contributed by atoms with van der Waals surface area (Å²) in [5, 5.41) is 9.96. The Morgan fingerprint density at radius 3 is 2.56 bits per heavy atom. The van der Waals surface area contributed by atoms with E-state index >= 15 is 0 Å².